The van der Waals surface area contributed by atoms with Crippen molar-refractivity contribution >= 4 is 22.8 Å². The largest absolute Gasteiger partial charge is 0.440 e. The lowest BCUT2D eigenvalue weighted by Crippen LogP contribution is -2.41. The van der Waals surface area contributed by atoms with Crippen LogP contribution in [0.15, 0.2) is 22.6 Å². The number of benzene rings is 1. The zero-order valence-electron chi connectivity index (χ0n) is 13.0. The van der Waals surface area contributed by atoms with E-state index in [1.807, 2.05) is 18.2 Å². The molecule has 1 aliphatic carbocycles. The second kappa shape index (κ2) is 5.85. The molecule has 0 radical (unpaired) electrons. The average molecular weight is 315 g/mol. The van der Waals surface area contributed by atoms with Gasteiger partial charge >= 0.3 is 6.03 Å². The van der Waals surface area contributed by atoms with E-state index in [0.29, 0.717) is 24.9 Å². The molecule has 4 rings (SSSR count). The minimum atomic E-state index is -0.0911. The minimum absolute atomic E-state index is 0.0911. The number of likely N-dealkylation sites (tertiary alicyclic amines) is 1. The number of nitrogens with zero attached hydrogens (tertiary/aromatic N) is 2. The Bertz CT molecular complexity index is 715. The maximum absolute atomic E-state index is 12.3. The van der Waals surface area contributed by atoms with Crippen LogP contribution in [-0.4, -0.2) is 40.7 Å². The molecule has 0 unspecified atom stereocenters. The number of piperidine rings is 1. The first-order valence-electron chi connectivity index (χ1n) is 8.30. The first kappa shape index (κ1) is 14.5. The van der Waals surface area contributed by atoms with Gasteiger partial charge in [0.05, 0.1) is 0 Å². The van der Waals surface area contributed by atoms with Gasteiger partial charge in [0, 0.05) is 31.3 Å². The lowest BCUT2D eigenvalue weighted by molar-refractivity contribution is 0.143. The Morgan fingerprint density at radius 3 is 2.78 bits per heavy atom. The molecule has 1 aromatic heterocycles. The summed E-state index contributed by atoms with van der Waals surface area (Å²) in [5, 5.41) is 12.1. The summed E-state index contributed by atoms with van der Waals surface area (Å²) in [7, 11) is 0. The summed E-state index contributed by atoms with van der Waals surface area (Å²) in [6, 6.07) is 5.49. The van der Waals surface area contributed by atoms with Crippen molar-refractivity contribution in [3.8, 4) is 0 Å². The molecule has 2 heterocycles. The van der Waals surface area contributed by atoms with Gasteiger partial charge < -0.3 is 19.7 Å². The van der Waals surface area contributed by atoms with Crippen LogP contribution in [0.25, 0.3) is 11.1 Å². The Labute approximate surface area is 134 Å². The molecule has 2 aromatic rings. The fourth-order valence-corrected chi connectivity index (χ4v) is 3.05. The quantitative estimate of drug-likeness (QED) is 0.913. The van der Waals surface area contributed by atoms with Crippen LogP contribution in [0.1, 0.15) is 37.5 Å². The lowest BCUT2D eigenvalue weighted by atomic mass is 9.98. The maximum Gasteiger partial charge on any atom is 0.321 e. The van der Waals surface area contributed by atoms with Gasteiger partial charge in [-0.1, -0.05) is 0 Å². The van der Waals surface area contributed by atoms with Crippen molar-refractivity contribution in [1.82, 2.24) is 9.88 Å². The number of amides is 2. The predicted octanol–water partition coefficient (Wildman–Crippen LogP) is 2.94. The second-order valence-corrected chi connectivity index (χ2v) is 6.55. The Kier molecular flexibility index (Phi) is 3.69. The summed E-state index contributed by atoms with van der Waals surface area (Å²) in [6.07, 6.45) is 4.02. The molecule has 1 saturated carbocycles. The molecule has 2 N–H and O–H groups in total. The minimum Gasteiger partial charge on any atom is -0.440 e. The average Bonchev–Trinajstić information content (AvgIpc) is 3.34. The van der Waals surface area contributed by atoms with Crippen LogP contribution in [0.5, 0.6) is 0 Å². The van der Waals surface area contributed by atoms with E-state index in [1.54, 1.807) is 4.90 Å². The fourth-order valence-electron chi connectivity index (χ4n) is 3.05. The standard InChI is InChI=1S/C17H21N3O3/c21-10-11-5-7-20(8-6-11)17(22)18-13-3-4-15-14(9-13)19-16(23-15)12-1-2-12/h3-4,9,11-12,21H,1-2,5-8,10H2,(H,18,22). The molecule has 0 spiro atoms. The van der Waals surface area contributed by atoms with Crippen molar-refractivity contribution in [3.05, 3.63) is 24.1 Å². The number of rotatable bonds is 3. The van der Waals surface area contributed by atoms with Gasteiger partial charge in [0.1, 0.15) is 5.52 Å². The zero-order valence-corrected chi connectivity index (χ0v) is 13.0. The van der Waals surface area contributed by atoms with Crippen LogP contribution in [0, 0.1) is 5.92 Å². The van der Waals surface area contributed by atoms with E-state index in [-0.39, 0.29) is 12.6 Å². The molecule has 6 nitrogen and oxygen atoms in total. The molecule has 2 amide bonds. The topological polar surface area (TPSA) is 78.6 Å². The van der Waals surface area contributed by atoms with E-state index in [0.717, 1.165) is 48.4 Å². The molecule has 6 heteroatoms. The monoisotopic (exact) mass is 315 g/mol. The number of carbonyl (C=O) groups excluding carboxylic acids is 1. The van der Waals surface area contributed by atoms with E-state index >= 15 is 0 Å². The van der Waals surface area contributed by atoms with Crippen molar-refractivity contribution in [2.75, 3.05) is 25.0 Å². The van der Waals surface area contributed by atoms with Crippen LogP contribution >= 0.6 is 0 Å². The molecule has 0 atom stereocenters. The number of aliphatic hydroxyl groups is 1. The van der Waals surface area contributed by atoms with E-state index in [1.165, 1.54) is 0 Å². The number of fused-ring (bicyclic) bond motifs is 1. The molecular weight excluding hydrogens is 294 g/mol. The highest BCUT2D eigenvalue weighted by Gasteiger charge is 2.29. The van der Waals surface area contributed by atoms with Crippen LogP contribution in [0.2, 0.25) is 0 Å². The highest BCUT2D eigenvalue weighted by atomic mass is 16.3. The number of oxazole rings is 1. The molecule has 122 valence electrons. The van der Waals surface area contributed by atoms with Crippen molar-refractivity contribution < 1.29 is 14.3 Å². The van der Waals surface area contributed by atoms with Gasteiger partial charge in [-0.25, -0.2) is 9.78 Å². The van der Waals surface area contributed by atoms with Crippen molar-refractivity contribution in [2.24, 2.45) is 5.92 Å². The van der Waals surface area contributed by atoms with Gasteiger partial charge in [0.15, 0.2) is 11.5 Å². The summed E-state index contributed by atoms with van der Waals surface area (Å²) in [5.41, 5.74) is 2.31. The van der Waals surface area contributed by atoms with Crippen LogP contribution in [-0.2, 0) is 0 Å². The number of nitrogens with one attached hydrogen (secondary N) is 1. The second-order valence-electron chi connectivity index (χ2n) is 6.55. The SMILES string of the molecule is O=C(Nc1ccc2oc(C3CC3)nc2c1)N1CCC(CO)CC1. The number of aliphatic hydroxyl groups excluding tert-OH is 1. The number of urea groups is 1. The Balaban J connectivity index is 1.43. The van der Waals surface area contributed by atoms with Crippen molar-refractivity contribution in [1.29, 1.82) is 0 Å². The van der Waals surface area contributed by atoms with Gasteiger partial charge in [0.25, 0.3) is 0 Å². The van der Waals surface area contributed by atoms with Gasteiger partial charge in [0.2, 0.25) is 0 Å². The van der Waals surface area contributed by atoms with Gasteiger partial charge in [-0.2, -0.15) is 0 Å². The summed E-state index contributed by atoms with van der Waals surface area (Å²) in [6.45, 7) is 1.59. The van der Waals surface area contributed by atoms with Crippen molar-refractivity contribution in [3.63, 3.8) is 0 Å². The fraction of sp³-hybridized carbons (Fsp3) is 0.529. The van der Waals surface area contributed by atoms with E-state index in [4.69, 9.17) is 9.52 Å². The van der Waals surface area contributed by atoms with E-state index in [2.05, 4.69) is 10.3 Å². The first-order valence-corrected chi connectivity index (χ1v) is 8.30. The molecule has 1 aromatic carbocycles. The maximum atomic E-state index is 12.3. The number of anilines is 1. The third-order valence-corrected chi connectivity index (χ3v) is 4.74. The highest BCUT2D eigenvalue weighted by Crippen LogP contribution is 2.40. The Hall–Kier alpha value is -2.08. The third kappa shape index (κ3) is 3.03. The zero-order chi connectivity index (χ0) is 15.8. The molecule has 23 heavy (non-hydrogen) atoms. The number of aromatic nitrogens is 1. The van der Waals surface area contributed by atoms with Gasteiger partial charge in [-0.15, -0.1) is 0 Å². The smallest absolute Gasteiger partial charge is 0.321 e. The first-order chi connectivity index (χ1) is 11.2. The summed E-state index contributed by atoms with van der Waals surface area (Å²) in [4.78, 5) is 18.6. The number of hydrogen-bond donors (Lipinski definition) is 2. The molecule has 1 aliphatic heterocycles. The molecule has 1 saturated heterocycles. The van der Waals surface area contributed by atoms with Gasteiger partial charge in [-0.05, 0) is 49.8 Å². The molecule has 2 fully saturated rings. The van der Waals surface area contributed by atoms with E-state index < -0.39 is 0 Å². The number of hydrogen-bond acceptors (Lipinski definition) is 4. The van der Waals surface area contributed by atoms with Crippen LogP contribution in [0.3, 0.4) is 0 Å². The Morgan fingerprint density at radius 1 is 1.30 bits per heavy atom. The summed E-state index contributed by atoms with van der Waals surface area (Å²) >= 11 is 0. The highest BCUT2D eigenvalue weighted by molar-refractivity contribution is 5.91. The number of carbonyl (C=O) groups is 1. The molecule has 2 aliphatic rings. The normalized spacial score (nSPS) is 19.3. The van der Waals surface area contributed by atoms with Crippen LogP contribution in [0.4, 0.5) is 10.5 Å². The van der Waals surface area contributed by atoms with Crippen molar-refractivity contribution in [2.45, 2.75) is 31.6 Å². The van der Waals surface area contributed by atoms with Gasteiger partial charge in [-0.3, -0.25) is 0 Å². The Morgan fingerprint density at radius 2 is 2.09 bits per heavy atom. The predicted molar refractivity (Wildman–Crippen MR) is 86.4 cm³/mol. The molecular formula is C17H21N3O3. The lowest BCUT2D eigenvalue weighted by Gasteiger charge is -2.31. The van der Waals surface area contributed by atoms with Crippen LogP contribution < -0.4 is 5.32 Å². The van der Waals surface area contributed by atoms with E-state index in [9.17, 15) is 4.79 Å². The summed E-state index contributed by atoms with van der Waals surface area (Å²) < 4.78 is 5.73. The summed E-state index contributed by atoms with van der Waals surface area (Å²) in [5.74, 6) is 1.62. The third-order valence-electron chi connectivity index (χ3n) is 4.74. The molecule has 0 bridgehead atoms.